The molecular formula is C6H8IN3. The molecule has 0 radical (unpaired) electrons. The smallest absolute Gasteiger partial charge is 0.198 e. The lowest BCUT2D eigenvalue weighted by atomic mass is 10.6. The van der Waals surface area contributed by atoms with Crippen LogP contribution in [0.2, 0.25) is 0 Å². The molecule has 0 atom stereocenters. The molecule has 0 saturated carbocycles. The Labute approximate surface area is 73.3 Å². The molecule has 1 aromatic heterocycles. The van der Waals surface area contributed by atoms with Gasteiger partial charge in [-0.3, -0.25) is 4.57 Å². The fraction of sp³-hybridized carbons (Fsp3) is 0.333. The van der Waals surface area contributed by atoms with E-state index < -0.39 is 0 Å². The first-order valence-electron chi connectivity index (χ1n) is 2.95. The van der Waals surface area contributed by atoms with Gasteiger partial charge in [0.2, 0.25) is 0 Å². The first-order chi connectivity index (χ1) is 4.75. The molecule has 0 unspecified atom stereocenters. The predicted molar refractivity (Wildman–Crippen MR) is 48.5 cm³/mol. The van der Waals surface area contributed by atoms with E-state index >= 15 is 0 Å². The minimum absolute atomic E-state index is 0.896. The summed E-state index contributed by atoms with van der Waals surface area (Å²) in [5.74, 6) is 0.919. The molecule has 4 heteroatoms. The van der Waals surface area contributed by atoms with Crippen molar-refractivity contribution in [2.24, 2.45) is 0 Å². The first kappa shape index (κ1) is 7.71. The molecule has 0 aliphatic heterocycles. The van der Waals surface area contributed by atoms with Crippen LogP contribution >= 0.6 is 22.6 Å². The topological polar surface area (TPSA) is 30.7 Å². The van der Waals surface area contributed by atoms with Gasteiger partial charge in [0.05, 0.1) is 0 Å². The average molecular weight is 249 g/mol. The van der Waals surface area contributed by atoms with E-state index in [1.165, 1.54) is 0 Å². The van der Waals surface area contributed by atoms with Gasteiger partial charge in [-0.25, -0.2) is 0 Å². The molecule has 0 spiro atoms. The lowest BCUT2D eigenvalue weighted by molar-refractivity contribution is 1.00. The Morgan fingerprint density at radius 1 is 1.50 bits per heavy atom. The standard InChI is InChI=1S/C6H8IN3/c1-3-4-10-5(2)8-9-6(10)7/h3-4H,1-2H3/b4-3-. The molecule has 1 rings (SSSR count). The molecule has 0 aromatic carbocycles. The van der Waals surface area contributed by atoms with Gasteiger partial charge in [0.25, 0.3) is 0 Å². The third kappa shape index (κ3) is 1.36. The molecule has 1 aromatic rings. The highest BCUT2D eigenvalue weighted by molar-refractivity contribution is 14.1. The summed E-state index contributed by atoms with van der Waals surface area (Å²) >= 11 is 2.14. The monoisotopic (exact) mass is 249 g/mol. The van der Waals surface area contributed by atoms with E-state index in [0.717, 1.165) is 9.66 Å². The Morgan fingerprint density at radius 2 is 2.20 bits per heavy atom. The number of allylic oxidation sites excluding steroid dienone is 1. The third-order valence-corrected chi connectivity index (χ3v) is 1.86. The number of aromatic nitrogens is 3. The second-order valence-electron chi connectivity index (χ2n) is 1.87. The van der Waals surface area contributed by atoms with Gasteiger partial charge in [-0.05, 0) is 13.8 Å². The fourth-order valence-electron chi connectivity index (χ4n) is 0.662. The Bertz CT molecular complexity index is 232. The van der Waals surface area contributed by atoms with Crippen LogP contribution in [0.25, 0.3) is 6.20 Å². The molecule has 0 fully saturated rings. The van der Waals surface area contributed by atoms with Crippen LogP contribution in [-0.2, 0) is 0 Å². The lowest BCUT2D eigenvalue weighted by Gasteiger charge is -1.93. The van der Waals surface area contributed by atoms with Crippen LogP contribution in [0, 0.1) is 10.8 Å². The Hall–Kier alpha value is -0.390. The van der Waals surface area contributed by atoms with Gasteiger partial charge < -0.3 is 0 Å². The van der Waals surface area contributed by atoms with Crippen LogP contribution in [0.1, 0.15) is 12.7 Å². The van der Waals surface area contributed by atoms with E-state index in [1.807, 2.05) is 30.7 Å². The zero-order valence-electron chi connectivity index (χ0n) is 5.87. The van der Waals surface area contributed by atoms with Gasteiger partial charge in [0.1, 0.15) is 5.82 Å². The molecule has 0 saturated heterocycles. The largest absolute Gasteiger partial charge is 0.282 e. The van der Waals surface area contributed by atoms with Gasteiger partial charge >= 0.3 is 0 Å². The van der Waals surface area contributed by atoms with Gasteiger partial charge in [0, 0.05) is 28.8 Å². The van der Waals surface area contributed by atoms with Crippen molar-refractivity contribution in [2.75, 3.05) is 0 Å². The first-order valence-corrected chi connectivity index (χ1v) is 4.03. The van der Waals surface area contributed by atoms with Gasteiger partial charge in [-0.1, -0.05) is 6.08 Å². The molecule has 0 bridgehead atoms. The Morgan fingerprint density at radius 3 is 2.60 bits per heavy atom. The van der Waals surface area contributed by atoms with Crippen molar-refractivity contribution in [3.05, 3.63) is 15.7 Å². The molecule has 10 heavy (non-hydrogen) atoms. The number of hydrogen-bond donors (Lipinski definition) is 0. The lowest BCUT2D eigenvalue weighted by Crippen LogP contribution is -1.91. The van der Waals surface area contributed by atoms with E-state index in [0.29, 0.717) is 0 Å². The van der Waals surface area contributed by atoms with Crippen LogP contribution in [0.4, 0.5) is 0 Å². The highest BCUT2D eigenvalue weighted by Gasteiger charge is 1.99. The van der Waals surface area contributed by atoms with Gasteiger partial charge in [0.15, 0.2) is 3.83 Å². The summed E-state index contributed by atoms with van der Waals surface area (Å²) in [6, 6.07) is 0. The van der Waals surface area contributed by atoms with Crippen molar-refractivity contribution in [1.29, 1.82) is 0 Å². The molecular weight excluding hydrogens is 241 g/mol. The maximum Gasteiger partial charge on any atom is 0.198 e. The predicted octanol–water partition coefficient (Wildman–Crippen LogP) is 1.68. The van der Waals surface area contributed by atoms with E-state index in [2.05, 4.69) is 32.8 Å². The quantitative estimate of drug-likeness (QED) is 0.709. The SMILES string of the molecule is C/C=C\n1c(C)nnc1I. The summed E-state index contributed by atoms with van der Waals surface area (Å²) in [7, 11) is 0. The summed E-state index contributed by atoms with van der Waals surface area (Å²) in [5.41, 5.74) is 0. The number of rotatable bonds is 1. The molecule has 0 aliphatic rings. The summed E-state index contributed by atoms with van der Waals surface area (Å²) < 4.78 is 2.83. The van der Waals surface area contributed by atoms with Crippen molar-refractivity contribution in [3.63, 3.8) is 0 Å². The Kier molecular flexibility index (Phi) is 2.42. The summed E-state index contributed by atoms with van der Waals surface area (Å²) in [6.45, 7) is 3.89. The van der Waals surface area contributed by atoms with Crippen molar-refractivity contribution < 1.29 is 0 Å². The molecule has 54 valence electrons. The third-order valence-electron chi connectivity index (χ3n) is 1.12. The highest BCUT2D eigenvalue weighted by Crippen LogP contribution is 2.03. The minimum Gasteiger partial charge on any atom is -0.282 e. The zero-order chi connectivity index (χ0) is 7.56. The van der Waals surface area contributed by atoms with E-state index in [1.54, 1.807) is 0 Å². The summed E-state index contributed by atoms with van der Waals surface area (Å²) in [6.07, 6.45) is 3.90. The van der Waals surface area contributed by atoms with Crippen LogP contribution in [-0.4, -0.2) is 14.8 Å². The molecule has 3 nitrogen and oxygen atoms in total. The number of hydrogen-bond acceptors (Lipinski definition) is 2. The molecule has 0 amide bonds. The number of nitrogens with zero attached hydrogens (tertiary/aromatic N) is 3. The minimum atomic E-state index is 0.896. The fourth-order valence-corrected chi connectivity index (χ4v) is 1.28. The van der Waals surface area contributed by atoms with E-state index in [9.17, 15) is 0 Å². The molecule has 0 N–H and O–H groups in total. The van der Waals surface area contributed by atoms with Crippen molar-refractivity contribution in [1.82, 2.24) is 14.8 Å². The Balaban J connectivity index is 3.10. The van der Waals surface area contributed by atoms with Crippen molar-refractivity contribution in [3.8, 4) is 0 Å². The molecule has 1 heterocycles. The summed E-state index contributed by atoms with van der Waals surface area (Å²) in [5, 5.41) is 7.77. The van der Waals surface area contributed by atoms with Crippen LogP contribution in [0.5, 0.6) is 0 Å². The second kappa shape index (κ2) is 3.14. The maximum atomic E-state index is 3.89. The number of aryl methyl sites for hydroxylation is 1. The van der Waals surface area contributed by atoms with Crippen LogP contribution in [0.3, 0.4) is 0 Å². The van der Waals surface area contributed by atoms with Crippen molar-refractivity contribution in [2.45, 2.75) is 13.8 Å². The average Bonchev–Trinajstić information content (AvgIpc) is 2.20. The van der Waals surface area contributed by atoms with Gasteiger partial charge in [-0.15, -0.1) is 10.2 Å². The second-order valence-corrected chi connectivity index (χ2v) is 2.83. The number of halogens is 1. The van der Waals surface area contributed by atoms with Crippen molar-refractivity contribution >= 4 is 28.8 Å². The van der Waals surface area contributed by atoms with Crippen LogP contribution in [0.15, 0.2) is 6.08 Å². The molecule has 0 aliphatic carbocycles. The zero-order valence-corrected chi connectivity index (χ0v) is 8.03. The normalized spacial score (nSPS) is 11.1. The van der Waals surface area contributed by atoms with Gasteiger partial charge in [-0.2, -0.15) is 0 Å². The maximum absolute atomic E-state index is 3.89. The summed E-state index contributed by atoms with van der Waals surface area (Å²) in [4.78, 5) is 0. The highest BCUT2D eigenvalue weighted by atomic mass is 127. The van der Waals surface area contributed by atoms with E-state index in [4.69, 9.17) is 0 Å². The van der Waals surface area contributed by atoms with Crippen LogP contribution < -0.4 is 0 Å². The van der Waals surface area contributed by atoms with E-state index in [-0.39, 0.29) is 0 Å².